The number of carbonyl (C=O) groups is 1. The van der Waals surface area contributed by atoms with E-state index in [1.165, 1.54) is 12.1 Å². The molecule has 8 heteroatoms. The number of amides is 1. The van der Waals surface area contributed by atoms with Crippen molar-refractivity contribution in [2.45, 2.75) is 12.6 Å². The van der Waals surface area contributed by atoms with Crippen molar-refractivity contribution in [3.63, 3.8) is 0 Å². The predicted octanol–water partition coefficient (Wildman–Crippen LogP) is 3.55. The lowest BCUT2D eigenvalue weighted by atomic mass is 9.95. The largest absolute Gasteiger partial charge is 0.373 e. The molecule has 0 radical (unpaired) electrons. The number of nitrogens with zero attached hydrogens (tertiary/aromatic N) is 1. The summed E-state index contributed by atoms with van der Waals surface area (Å²) in [6.45, 7) is 0.539. The van der Waals surface area contributed by atoms with Crippen molar-refractivity contribution in [1.29, 1.82) is 0 Å². The highest BCUT2D eigenvalue weighted by Crippen LogP contribution is 2.34. The molecule has 0 saturated carbocycles. The molecule has 28 heavy (non-hydrogen) atoms. The van der Waals surface area contributed by atoms with Gasteiger partial charge in [0.25, 0.3) is 11.5 Å². The first-order valence-electron chi connectivity index (χ1n) is 8.78. The zero-order valence-corrected chi connectivity index (χ0v) is 15.7. The van der Waals surface area contributed by atoms with E-state index in [-0.39, 0.29) is 23.5 Å². The average Bonchev–Trinajstić information content (AvgIpc) is 3.29. The number of ether oxygens (including phenoxy) is 1. The first-order chi connectivity index (χ1) is 13.5. The fourth-order valence-electron chi connectivity index (χ4n) is 3.82. The number of rotatable bonds is 2. The molecular weight excluding hydrogens is 381 g/mol. The van der Waals surface area contributed by atoms with Gasteiger partial charge in [-0.05, 0) is 35.0 Å². The number of hydrogen-bond donors (Lipinski definition) is 2. The average molecular weight is 397 g/mol. The molecule has 2 N–H and O–H groups in total. The molecule has 1 aliphatic heterocycles. The molecule has 5 rings (SSSR count). The highest BCUT2D eigenvalue weighted by molar-refractivity contribution is 7.17. The lowest BCUT2D eigenvalue weighted by Gasteiger charge is -2.33. The smallest absolute Gasteiger partial charge is 0.270 e. The number of nitrogens with one attached hydrogen (secondary N) is 2. The predicted molar refractivity (Wildman–Crippen MR) is 105 cm³/mol. The van der Waals surface area contributed by atoms with E-state index in [9.17, 15) is 14.0 Å². The third-order valence-corrected chi connectivity index (χ3v) is 6.08. The highest BCUT2D eigenvalue weighted by Gasteiger charge is 2.31. The van der Waals surface area contributed by atoms with Gasteiger partial charge in [-0.2, -0.15) is 0 Å². The molecule has 0 bridgehead atoms. The maximum Gasteiger partial charge on any atom is 0.270 e. The number of likely N-dealkylation sites (N-methyl/N-ethyl adjacent to an activating group) is 1. The first-order valence-corrected chi connectivity index (χ1v) is 9.66. The van der Waals surface area contributed by atoms with Crippen molar-refractivity contribution in [3.8, 4) is 0 Å². The Balaban J connectivity index is 1.61. The maximum absolute atomic E-state index is 13.7. The fourth-order valence-corrected chi connectivity index (χ4v) is 4.61. The van der Waals surface area contributed by atoms with Gasteiger partial charge in [0.15, 0.2) is 0 Å². The number of carbonyl (C=O) groups excluding carboxylic acids is 1. The Hall–Kier alpha value is -2.97. The SMILES string of the molecule is CN(C(=O)c1cc2sccc2[nH]1)C1COCc2[nH]c(=O)c3cc(F)ccc3c21. The van der Waals surface area contributed by atoms with Crippen LogP contribution in [-0.4, -0.2) is 34.4 Å². The molecule has 1 amide bonds. The molecule has 1 aromatic carbocycles. The summed E-state index contributed by atoms with van der Waals surface area (Å²) in [4.78, 5) is 33.0. The Kier molecular flexibility index (Phi) is 3.85. The molecule has 0 saturated heterocycles. The van der Waals surface area contributed by atoms with Gasteiger partial charge < -0.3 is 19.6 Å². The number of hydrogen-bond acceptors (Lipinski definition) is 4. The monoisotopic (exact) mass is 397 g/mol. The number of pyridine rings is 1. The van der Waals surface area contributed by atoms with Crippen LogP contribution in [0.4, 0.5) is 4.39 Å². The van der Waals surface area contributed by atoms with Crippen LogP contribution in [0.5, 0.6) is 0 Å². The third-order valence-electron chi connectivity index (χ3n) is 5.22. The van der Waals surface area contributed by atoms with Crippen molar-refractivity contribution in [1.82, 2.24) is 14.9 Å². The van der Waals surface area contributed by atoms with Crippen LogP contribution in [0.2, 0.25) is 0 Å². The molecule has 0 spiro atoms. The van der Waals surface area contributed by atoms with E-state index in [0.29, 0.717) is 23.4 Å². The van der Waals surface area contributed by atoms with Crippen molar-refractivity contribution in [3.05, 3.63) is 68.8 Å². The number of aromatic amines is 2. The molecular formula is C20H16FN3O3S. The number of benzene rings is 1. The van der Waals surface area contributed by atoms with Crippen molar-refractivity contribution in [2.24, 2.45) is 0 Å². The van der Waals surface area contributed by atoms with Gasteiger partial charge in [-0.25, -0.2) is 4.39 Å². The molecule has 3 aromatic heterocycles. The van der Waals surface area contributed by atoms with E-state index in [1.807, 2.05) is 17.5 Å². The summed E-state index contributed by atoms with van der Waals surface area (Å²) < 4.78 is 20.3. The zero-order chi connectivity index (χ0) is 19.4. The van der Waals surface area contributed by atoms with Gasteiger partial charge in [-0.1, -0.05) is 6.07 Å². The summed E-state index contributed by atoms with van der Waals surface area (Å²) in [6, 6.07) is 7.52. The quantitative estimate of drug-likeness (QED) is 0.543. The van der Waals surface area contributed by atoms with Crippen LogP contribution in [-0.2, 0) is 11.3 Å². The Morgan fingerprint density at radius 3 is 2.93 bits per heavy atom. The summed E-state index contributed by atoms with van der Waals surface area (Å²) >= 11 is 1.56. The number of halogens is 1. The maximum atomic E-state index is 13.7. The van der Waals surface area contributed by atoms with Crippen molar-refractivity contribution < 1.29 is 13.9 Å². The van der Waals surface area contributed by atoms with Crippen LogP contribution in [0.3, 0.4) is 0 Å². The molecule has 6 nitrogen and oxygen atoms in total. The molecule has 4 aromatic rings. The lowest BCUT2D eigenvalue weighted by molar-refractivity contribution is 0.0333. The van der Waals surface area contributed by atoms with Crippen LogP contribution >= 0.6 is 11.3 Å². The van der Waals surface area contributed by atoms with E-state index >= 15 is 0 Å². The molecule has 142 valence electrons. The fraction of sp³-hybridized carbons (Fsp3) is 0.200. The Bertz CT molecular complexity index is 1260. The van der Waals surface area contributed by atoms with Crippen LogP contribution in [0.25, 0.3) is 21.0 Å². The second-order valence-electron chi connectivity index (χ2n) is 6.86. The molecule has 1 unspecified atom stereocenters. The minimum Gasteiger partial charge on any atom is -0.373 e. The second kappa shape index (κ2) is 6.29. The summed E-state index contributed by atoms with van der Waals surface area (Å²) in [5.41, 5.74) is 2.47. The normalized spacial score (nSPS) is 16.4. The highest BCUT2D eigenvalue weighted by atomic mass is 32.1. The van der Waals surface area contributed by atoms with Crippen LogP contribution in [0.1, 0.15) is 27.8 Å². The minimum atomic E-state index is -0.475. The van der Waals surface area contributed by atoms with Crippen LogP contribution in [0.15, 0.2) is 40.5 Å². The molecule has 1 atom stereocenters. The number of fused-ring (bicyclic) bond motifs is 4. The molecule has 4 heterocycles. The number of aromatic nitrogens is 2. The Labute approximate surface area is 162 Å². The van der Waals surface area contributed by atoms with Gasteiger partial charge in [0.05, 0.1) is 34.9 Å². The van der Waals surface area contributed by atoms with Crippen LogP contribution < -0.4 is 5.56 Å². The van der Waals surface area contributed by atoms with Gasteiger partial charge in [-0.15, -0.1) is 11.3 Å². The summed E-state index contributed by atoms with van der Waals surface area (Å²) in [5.74, 6) is -0.649. The standard InChI is InChI=1S/C20H16FN3O3S/c1-24(20(26)14-7-17-13(22-14)4-5-28-17)16-9-27-8-15-18(16)11-3-2-10(21)6-12(11)19(25)23-15/h2-7,16,22H,8-9H2,1H3,(H,23,25). The van der Waals surface area contributed by atoms with Crippen molar-refractivity contribution in [2.75, 3.05) is 13.7 Å². The molecule has 1 aliphatic rings. The lowest BCUT2D eigenvalue weighted by Crippen LogP contribution is -2.37. The van der Waals surface area contributed by atoms with E-state index in [4.69, 9.17) is 4.74 Å². The molecule has 0 fully saturated rings. The van der Waals surface area contributed by atoms with Gasteiger partial charge in [0, 0.05) is 18.3 Å². The topological polar surface area (TPSA) is 78.2 Å². The number of H-pyrrole nitrogens is 2. The number of thiophene rings is 1. The summed E-state index contributed by atoms with van der Waals surface area (Å²) in [6.07, 6.45) is 0. The van der Waals surface area contributed by atoms with E-state index in [0.717, 1.165) is 15.8 Å². The Morgan fingerprint density at radius 2 is 2.11 bits per heavy atom. The van der Waals surface area contributed by atoms with Gasteiger partial charge in [-0.3, -0.25) is 9.59 Å². The molecule has 0 aliphatic carbocycles. The summed E-state index contributed by atoms with van der Waals surface area (Å²) in [7, 11) is 1.71. The van der Waals surface area contributed by atoms with E-state index in [1.54, 1.807) is 29.4 Å². The summed E-state index contributed by atoms with van der Waals surface area (Å²) in [5, 5.41) is 2.87. The van der Waals surface area contributed by atoms with Gasteiger partial charge in [0.2, 0.25) is 0 Å². The van der Waals surface area contributed by atoms with Crippen molar-refractivity contribution >= 4 is 38.2 Å². The second-order valence-corrected chi connectivity index (χ2v) is 7.81. The van der Waals surface area contributed by atoms with E-state index < -0.39 is 11.9 Å². The van der Waals surface area contributed by atoms with E-state index in [2.05, 4.69) is 9.97 Å². The van der Waals surface area contributed by atoms with Gasteiger partial charge in [0.1, 0.15) is 11.5 Å². The van der Waals surface area contributed by atoms with Crippen LogP contribution in [0, 0.1) is 5.82 Å². The zero-order valence-electron chi connectivity index (χ0n) is 14.9. The third kappa shape index (κ3) is 2.56. The Morgan fingerprint density at radius 1 is 1.25 bits per heavy atom. The van der Waals surface area contributed by atoms with Gasteiger partial charge >= 0.3 is 0 Å². The minimum absolute atomic E-state index is 0.175. The first kappa shape index (κ1) is 17.2.